The molecule has 0 aliphatic rings. The molecule has 2 rings (SSSR count). The molecule has 6 heteroatoms. The summed E-state index contributed by atoms with van der Waals surface area (Å²) in [6.07, 6.45) is 3.37. The molecule has 0 saturated heterocycles. The Bertz CT molecular complexity index is 900. The van der Waals surface area contributed by atoms with Crippen LogP contribution in [0.2, 0.25) is 0 Å². The summed E-state index contributed by atoms with van der Waals surface area (Å²) in [5, 5.41) is 2.98. The molecular weight excluding hydrogens is 468 g/mol. The average molecular weight is 503 g/mol. The third-order valence-corrected chi connectivity index (χ3v) is 6.19. The van der Waals surface area contributed by atoms with Gasteiger partial charge < -0.3 is 15.0 Å². The number of hydrogen-bond acceptors (Lipinski definition) is 3. The molecular formula is C26H35BrN2O3. The van der Waals surface area contributed by atoms with Gasteiger partial charge in [-0.25, -0.2) is 0 Å². The molecule has 1 unspecified atom stereocenters. The largest absolute Gasteiger partial charge is 0.483 e. The van der Waals surface area contributed by atoms with E-state index in [1.165, 1.54) is 5.56 Å². The van der Waals surface area contributed by atoms with Gasteiger partial charge in [0.15, 0.2) is 6.61 Å². The normalized spacial score (nSPS) is 11.7. The molecule has 0 aliphatic heterocycles. The molecule has 32 heavy (non-hydrogen) atoms. The Hall–Kier alpha value is -2.34. The number of ether oxygens (including phenoxy) is 1. The van der Waals surface area contributed by atoms with Crippen LogP contribution in [0.25, 0.3) is 0 Å². The van der Waals surface area contributed by atoms with Gasteiger partial charge in [-0.1, -0.05) is 57.5 Å². The first kappa shape index (κ1) is 25.9. The predicted molar refractivity (Wildman–Crippen MR) is 133 cm³/mol. The van der Waals surface area contributed by atoms with E-state index >= 15 is 0 Å². The van der Waals surface area contributed by atoms with Crippen molar-refractivity contribution >= 4 is 27.7 Å². The smallest absolute Gasteiger partial charge is 0.261 e. The summed E-state index contributed by atoms with van der Waals surface area (Å²) < 4.78 is 6.67. The van der Waals surface area contributed by atoms with Gasteiger partial charge in [-0.15, -0.1) is 0 Å². The van der Waals surface area contributed by atoms with Crippen LogP contribution in [0.1, 0.15) is 56.7 Å². The van der Waals surface area contributed by atoms with Crippen molar-refractivity contribution in [2.75, 3.05) is 13.2 Å². The maximum Gasteiger partial charge on any atom is 0.261 e. The third-order valence-electron chi connectivity index (χ3n) is 5.57. The molecule has 5 nitrogen and oxygen atoms in total. The number of amides is 2. The molecule has 2 aromatic carbocycles. The minimum Gasteiger partial charge on any atom is -0.483 e. The fourth-order valence-corrected chi connectivity index (χ4v) is 4.04. The second-order valence-corrected chi connectivity index (χ2v) is 8.78. The Kier molecular flexibility index (Phi) is 10.7. The van der Waals surface area contributed by atoms with Crippen molar-refractivity contribution in [3.63, 3.8) is 0 Å². The van der Waals surface area contributed by atoms with Gasteiger partial charge in [-0.3, -0.25) is 9.59 Å². The van der Waals surface area contributed by atoms with Crippen LogP contribution in [-0.2, 0) is 22.6 Å². The molecule has 0 radical (unpaired) electrons. The summed E-state index contributed by atoms with van der Waals surface area (Å²) in [5.74, 6) is 0.292. The number of aryl methyl sites for hydroxylation is 2. The first-order valence-electron chi connectivity index (χ1n) is 11.4. The Balaban J connectivity index is 2.21. The van der Waals surface area contributed by atoms with Gasteiger partial charge in [-0.05, 0) is 70.9 Å². The number of carbonyl (C=O) groups excluding carboxylic acids is 2. The molecule has 1 atom stereocenters. The Morgan fingerprint density at radius 3 is 2.50 bits per heavy atom. The third kappa shape index (κ3) is 7.37. The van der Waals surface area contributed by atoms with Crippen molar-refractivity contribution in [3.05, 3.63) is 63.6 Å². The van der Waals surface area contributed by atoms with Gasteiger partial charge >= 0.3 is 0 Å². The molecule has 0 spiro atoms. The van der Waals surface area contributed by atoms with E-state index in [2.05, 4.69) is 35.1 Å². The van der Waals surface area contributed by atoms with E-state index in [0.717, 1.165) is 34.9 Å². The van der Waals surface area contributed by atoms with Crippen molar-refractivity contribution in [1.82, 2.24) is 10.2 Å². The highest BCUT2D eigenvalue weighted by molar-refractivity contribution is 9.10. The van der Waals surface area contributed by atoms with E-state index in [0.29, 0.717) is 25.3 Å². The van der Waals surface area contributed by atoms with Gasteiger partial charge in [-0.2, -0.15) is 0 Å². The number of nitrogens with one attached hydrogen (secondary N) is 1. The fourth-order valence-electron chi connectivity index (χ4n) is 3.50. The first-order valence-corrected chi connectivity index (χ1v) is 12.2. The summed E-state index contributed by atoms with van der Waals surface area (Å²) in [4.78, 5) is 27.9. The molecule has 0 fully saturated rings. The highest BCUT2D eigenvalue weighted by Gasteiger charge is 2.29. The van der Waals surface area contributed by atoms with Crippen LogP contribution < -0.4 is 10.1 Å². The van der Waals surface area contributed by atoms with Crippen molar-refractivity contribution < 1.29 is 14.3 Å². The first-order chi connectivity index (χ1) is 15.4. The lowest BCUT2D eigenvalue weighted by Crippen LogP contribution is -2.50. The Morgan fingerprint density at radius 1 is 1.12 bits per heavy atom. The van der Waals surface area contributed by atoms with E-state index in [1.54, 1.807) is 4.90 Å². The predicted octanol–water partition coefficient (Wildman–Crippen LogP) is 5.42. The quantitative estimate of drug-likeness (QED) is 0.394. The van der Waals surface area contributed by atoms with Gasteiger partial charge in [0.2, 0.25) is 5.91 Å². The lowest BCUT2D eigenvalue weighted by molar-refractivity contribution is -0.143. The zero-order chi connectivity index (χ0) is 23.5. The molecule has 1 N–H and O–H groups in total. The Labute approximate surface area is 200 Å². The van der Waals surface area contributed by atoms with E-state index < -0.39 is 6.04 Å². The number of rotatable bonds is 12. The van der Waals surface area contributed by atoms with Crippen LogP contribution in [0, 0.1) is 6.92 Å². The summed E-state index contributed by atoms with van der Waals surface area (Å²) in [7, 11) is 0. The molecule has 0 saturated carbocycles. The van der Waals surface area contributed by atoms with E-state index in [4.69, 9.17) is 4.74 Å². The number of nitrogens with zero attached hydrogens (tertiary/aromatic N) is 1. The number of halogens is 1. The van der Waals surface area contributed by atoms with Crippen LogP contribution in [-0.4, -0.2) is 35.9 Å². The maximum atomic E-state index is 13.3. The van der Waals surface area contributed by atoms with Gasteiger partial charge in [0, 0.05) is 13.1 Å². The molecule has 174 valence electrons. The van der Waals surface area contributed by atoms with Crippen molar-refractivity contribution in [2.45, 2.75) is 66.0 Å². The fraction of sp³-hybridized carbons (Fsp3) is 0.462. The number of unbranched alkanes of at least 4 members (excludes halogenated alkanes) is 1. The zero-order valence-corrected chi connectivity index (χ0v) is 21.2. The zero-order valence-electron chi connectivity index (χ0n) is 19.6. The molecule has 2 aromatic rings. The standard InChI is InChI=1S/C26H35BrN2O3/c1-5-8-15-28-26(31)23(7-3)29(17-21-12-10-9-11-19(21)4)25(30)18-32-24-14-13-20(6-2)16-22(24)27/h9-14,16,23H,5-8,15,17-18H2,1-4H3,(H,28,31). The molecule has 0 aliphatic carbocycles. The molecule has 0 heterocycles. The van der Waals surface area contributed by atoms with Crippen molar-refractivity contribution in [1.29, 1.82) is 0 Å². The van der Waals surface area contributed by atoms with Crippen LogP contribution in [0.15, 0.2) is 46.9 Å². The lowest BCUT2D eigenvalue weighted by atomic mass is 10.1. The summed E-state index contributed by atoms with van der Waals surface area (Å²) >= 11 is 3.53. The van der Waals surface area contributed by atoms with Crippen LogP contribution in [0.4, 0.5) is 0 Å². The van der Waals surface area contributed by atoms with E-state index in [9.17, 15) is 9.59 Å². The number of hydrogen-bond donors (Lipinski definition) is 1. The summed E-state index contributed by atoms with van der Waals surface area (Å²) in [6.45, 7) is 8.97. The van der Waals surface area contributed by atoms with Crippen molar-refractivity contribution in [2.24, 2.45) is 0 Å². The maximum absolute atomic E-state index is 13.3. The second kappa shape index (κ2) is 13.3. The topological polar surface area (TPSA) is 58.6 Å². The van der Waals surface area contributed by atoms with Crippen LogP contribution in [0.3, 0.4) is 0 Å². The number of carbonyl (C=O) groups is 2. The van der Waals surface area contributed by atoms with Gasteiger partial charge in [0.25, 0.3) is 5.91 Å². The molecule has 0 bridgehead atoms. The minimum absolute atomic E-state index is 0.114. The van der Waals surface area contributed by atoms with Gasteiger partial charge in [0.05, 0.1) is 4.47 Å². The van der Waals surface area contributed by atoms with Crippen LogP contribution in [0.5, 0.6) is 5.75 Å². The number of benzene rings is 2. The minimum atomic E-state index is -0.548. The molecule has 0 aromatic heterocycles. The summed E-state index contributed by atoms with van der Waals surface area (Å²) in [5.41, 5.74) is 3.30. The lowest BCUT2D eigenvalue weighted by Gasteiger charge is -2.31. The van der Waals surface area contributed by atoms with E-state index in [-0.39, 0.29) is 18.4 Å². The second-order valence-electron chi connectivity index (χ2n) is 7.92. The SMILES string of the molecule is CCCCNC(=O)C(CC)N(Cc1ccccc1C)C(=O)COc1ccc(CC)cc1Br. The molecule has 2 amide bonds. The Morgan fingerprint density at radius 2 is 1.88 bits per heavy atom. The van der Waals surface area contributed by atoms with Gasteiger partial charge in [0.1, 0.15) is 11.8 Å². The summed E-state index contributed by atoms with van der Waals surface area (Å²) in [6, 6.07) is 13.3. The van der Waals surface area contributed by atoms with E-state index in [1.807, 2.05) is 56.3 Å². The van der Waals surface area contributed by atoms with Crippen LogP contribution >= 0.6 is 15.9 Å². The monoisotopic (exact) mass is 502 g/mol. The average Bonchev–Trinajstić information content (AvgIpc) is 2.79. The highest BCUT2D eigenvalue weighted by atomic mass is 79.9. The van der Waals surface area contributed by atoms with Crippen molar-refractivity contribution in [3.8, 4) is 5.75 Å². The highest BCUT2D eigenvalue weighted by Crippen LogP contribution is 2.26.